The lowest BCUT2D eigenvalue weighted by Gasteiger charge is -2.15. The molecule has 5 nitrogen and oxygen atoms in total. The summed E-state index contributed by atoms with van der Waals surface area (Å²) in [6.45, 7) is 6.39. The van der Waals surface area contributed by atoms with E-state index >= 15 is 0 Å². The highest BCUT2D eigenvalue weighted by Gasteiger charge is 2.06. The Bertz CT molecular complexity index is 317. The quantitative estimate of drug-likeness (QED) is 0.501. The van der Waals surface area contributed by atoms with Gasteiger partial charge >= 0.3 is 0 Å². The highest BCUT2D eigenvalue weighted by molar-refractivity contribution is 5.47. The number of rotatable bonds is 7. The number of nitrogens with one attached hydrogen (secondary N) is 2. The van der Waals surface area contributed by atoms with E-state index in [-0.39, 0.29) is 0 Å². The van der Waals surface area contributed by atoms with Crippen LogP contribution in [0.2, 0.25) is 0 Å². The average molecular weight is 237 g/mol. The number of hydrazine groups is 1. The van der Waals surface area contributed by atoms with E-state index < -0.39 is 0 Å². The van der Waals surface area contributed by atoms with Gasteiger partial charge in [0.05, 0.1) is 0 Å². The van der Waals surface area contributed by atoms with E-state index in [1.54, 1.807) is 0 Å². The predicted molar refractivity (Wildman–Crippen MR) is 71.8 cm³/mol. The fraction of sp³-hybridized carbons (Fsp3) is 0.667. The summed E-state index contributed by atoms with van der Waals surface area (Å²) in [6, 6.07) is 2.25. The topological polar surface area (TPSA) is 75.9 Å². The van der Waals surface area contributed by atoms with Gasteiger partial charge in [-0.3, -0.25) is 0 Å². The Hall–Kier alpha value is -1.36. The lowest BCUT2D eigenvalue weighted by molar-refractivity contribution is 0.642. The Kier molecular flexibility index (Phi) is 5.69. The Balaban J connectivity index is 2.68. The number of unbranched alkanes of at least 4 members (excludes halogenated alkanes) is 1. The predicted octanol–water partition coefficient (Wildman–Crippen LogP) is 2.32. The number of hydrogen-bond acceptors (Lipinski definition) is 5. The molecule has 0 saturated heterocycles. The fourth-order valence-corrected chi connectivity index (χ4v) is 1.64. The Morgan fingerprint density at radius 3 is 2.59 bits per heavy atom. The van der Waals surface area contributed by atoms with Crippen molar-refractivity contribution < 1.29 is 0 Å². The largest absolute Gasteiger partial charge is 0.367 e. The summed E-state index contributed by atoms with van der Waals surface area (Å²) in [5.41, 5.74) is 2.57. The summed E-state index contributed by atoms with van der Waals surface area (Å²) in [7, 11) is 0. The maximum Gasteiger partial charge on any atom is 0.145 e. The second-order valence-corrected chi connectivity index (χ2v) is 4.24. The van der Waals surface area contributed by atoms with Crippen molar-refractivity contribution in [3.8, 4) is 0 Å². The van der Waals surface area contributed by atoms with Gasteiger partial charge in [0, 0.05) is 18.5 Å². The van der Waals surface area contributed by atoms with Gasteiger partial charge in [-0.15, -0.1) is 0 Å². The minimum absolute atomic E-state index is 0.417. The minimum atomic E-state index is 0.417. The van der Waals surface area contributed by atoms with Crippen LogP contribution in [-0.2, 0) is 6.42 Å². The van der Waals surface area contributed by atoms with Crippen molar-refractivity contribution in [2.75, 3.05) is 10.7 Å². The van der Waals surface area contributed by atoms with Crippen LogP contribution in [0.4, 0.5) is 11.6 Å². The molecule has 0 aromatic carbocycles. The minimum Gasteiger partial charge on any atom is -0.367 e. The van der Waals surface area contributed by atoms with Crippen LogP contribution in [0.5, 0.6) is 0 Å². The third-order valence-corrected chi connectivity index (χ3v) is 2.62. The van der Waals surface area contributed by atoms with Crippen molar-refractivity contribution in [3.05, 3.63) is 11.9 Å². The molecule has 96 valence electrons. The second kappa shape index (κ2) is 7.06. The molecule has 1 rings (SSSR count). The Morgan fingerprint density at radius 1 is 1.29 bits per heavy atom. The molecule has 1 unspecified atom stereocenters. The molecule has 0 aliphatic rings. The zero-order valence-electron chi connectivity index (χ0n) is 11.0. The number of anilines is 2. The molecular formula is C12H23N5. The molecule has 17 heavy (non-hydrogen) atoms. The van der Waals surface area contributed by atoms with Gasteiger partial charge in [0.2, 0.25) is 0 Å². The molecule has 0 amide bonds. The summed E-state index contributed by atoms with van der Waals surface area (Å²) in [5, 5.41) is 3.38. The molecule has 0 radical (unpaired) electrons. The van der Waals surface area contributed by atoms with E-state index in [9.17, 15) is 0 Å². The zero-order chi connectivity index (χ0) is 12.7. The van der Waals surface area contributed by atoms with Crippen LogP contribution in [0.1, 0.15) is 45.9 Å². The van der Waals surface area contributed by atoms with Crippen molar-refractivity contribution in [2.45, 2.75) is 52.5 Å². The van der Waals surface area contributed by atoms with Gasteiger partial charge in [0.1, 0.15) is 17.5 Å². The summed E-state index contributed by atoms with van der Waals surface area (Å²) < 4.78 is 0. The van der Waals surface area contributed by atoms with Gasteiger partial charge in [-0.05, 0) is 13.3 Å². The van der Waals surface area contributed by atoms with Crippen LogP contribution in [0.25, 0.3) is 0 Å². The summed E-state index contributed by atoms with van der Waals surface area (Å²) in [4.78, 5) is 8.68. The highest BCUT2D eigenvalue weighted by atomic mass is 15.3. The van der Waals surface area contributed by atoms with Crippen LogP contribution in [0.3, 0.4) is 0 Å². The van der Waals surface area contributed by atoms with E-state index in [4.69, 9.17) is 5.84 Å². The average Bonchev–Trinajstić information content (AvgIpc) is 2.35. The van der Waals surface area contributed by atoms with E-state index in [2.05, 4.69) is 34.6 Å². The summed E-state index contributed by atoms with van der Waals surface area (Å²) in [5.74, 6) is 7.68. The number of nitrogens with two attached hydrogens (primary N) is 1. The molecule has 0 fully saturated rings. The Morgan fingerprint density at radius 2 is 2.00 bits per heavy atom. The lowest BCUT2D eigenvalue weighted by Crippen LogP contribution is -2.18. The van der Waals surface area contributed by atoms with Gasteiger partial charge in [0.25, 0.3) is 0 Å². The molecule has 4 N–H and O–H groups in total. The molecule has 1 atom stereocenters. The van der Waals surface area contributed by atoms with Crippen LogP contribution in [0.15, 0.2) is 6.07 Å². The monoisotopic (exact) mass is 237 g/mol. The van der Waals surface area contributed by atoms with Crippen LogP contribution in [0, 0.1) is 0 Å². The van der Waals surface area contributed by atoms with Crippen LogP contribution >= 0.6 is 0 Å². The normalized spacial score (nSPS) is 12.2. The number of aryl methyl sites for hydroxylation is 1. The first kappa shape index (κ1) is 13.7. The van der Waals surface area contributed by atoms with E-state index in [1.165, 1.54) is 12.8 Å². The number of nitrogens with zero attached hydrogens (tertiary/aromatic N) is 2. The number of aromatic nitrogens is 2. The Labute approximate surface area is 103 Å². The van der Waals surface area contributed by atoms with Gasteiger partial charge in [-0.25, -0.2) is 15.8 Å². The molecule has 5 heteroatoms. The van der Waals surface area contributed by atoms with Crippen molar-refractivity contribution >= 4 is 11.6 Å². The molecular weight excluding hydrogens is 214 g/mol. The third kappa shape index (κ3) is 4.56. The first-order chi connectivity index (χ1) is 8.19. The van der Waals surface area contributed by atoms with E-state index in [0.717, 1.165) is 24.5 Å². The fourth-order valence-electron chi connectivity index (χ4n) is 1.64. The number of nitrogen functional groups attached to an aromatic ring is 1. The second-order valence-electron chi connectivity index (χ2n) is 4.24. The van der Waals surface area contributed by atoms with Crippen molar-refractivity contribution in [3.63, 3.8) is 0 Å². The molecule has 1 aromatic rings. The molecule has 0 aliphatic heterocycles. The zero-order valence-corrected chi connectivity index (χ0v) is 11.0. The van der Waals surface area contributed by atoms with Crippen molar-refractivity contribution in [1.29, 1.82) is 0 Å². The first-order valence-electron chi connectivity index (χ1n) is 6.30. The maximum absolute atomic E-state index is 5.39. The summed E-state index contributed by atoms with van der Waals surface area (Å²) in [6.07, 6.45) is 4.38. The van der Waals surface area contributed by atoms with Gasteiger partial charge in [0.15, 0.2) is 0 Å². The van der Waals surface area contributed by atoms with E-state index in [0.29, 0.717) is 11.9 Å². The SMILES string of the molecule is CCCCC(C)Nc1cc(NN)nc(CC)n1. The first-order valence-corrected chi connectivity index (χ1v) is 6.30. The van der Waals surface area contributed by atoms with Crippen LogP contribution in [-0.4, -0.2) is 16.0 Å². The molecule has 0 bridgehead atoms. The molecule has 1 aromatic heterocycles. The smallest absolute Gasteiger partial charge is 0.145 e. The number of hydrogen-bond donors (Lipinski definition) is 3. The summed E-state index contributed by atoms with van der Waals surface area (Å²) >= 11 is 0. The van der Waals surface area contributed by atoms with Gasteiger partial charge < -0.3 is 10.7 Å². The van der Waals surface area contributed by atoms with Crippen molar-refractivity contribution in [2.24, 2.45) is 5.84 Å². The molecule has 0 spiro atoms. The molecule has 0 aliphatic carbocycles. The van der Waals surface area contributed by atoms with Gasteiger partial charge in [-0.2, -0.15) is 0 Å². The molecule has 1 heterocycles. The maximum atomic E-state index is 5.39. The highest BCUT2D eigenvalue weighted by Crippen LogP contribution is 2.13. The van der Waals surface area contributed by atoms with E-state index in [1.807, 2.05) is 13.0 Å². The van der Waals surface area contributed by atoms with Crippen molar-refractivity contribution in [1.82, 2.24) is 9.97 Å². The lowest BCUT2D eigenvalue weighted by atomic mass is 10.1. The molecule has 0 saturated carbocycles. The third-order valence-electron chi connectivity index (χ3n) is 2.62. The van der Waals surface area contributed by atoms with Crippen LogP contribution < -0.4 is 16.6 Å². The van der Waals surface area contributed by atoms with Gasteiger partial charge in [-0.1, -0.05) is 26.7 Å². The standard InChI is InChI=1S/C12H23N5/c1-4-6-7-9(3)14-11-8-12(17-13)16-10(5-2)15-11/h8-9H,4-7,13H2,1-3H3,(H2,14,15,16,17).